The van der Waals surface area contributed by atoms with Gasteiger partial charge in [-0.25, -0.2) is 4.98 Å². The molecular weight excluding hydrogens is 584 g/mol. The Hall–Kier alpha value is -5.42. The van der Waals surface area contributed by atoms with Gasteiger partial charge < -0.3 is 35.8 Å². The number of Topliss-reactive ketones (excluding diaryl/α,β-unsaturated/α-hetero) is 1. The summed E-state index contributed by atoms with van der Waals surface area (Å²) in [5.74, 6) is -0.298. The van der Waals surface area contributed by atoms with E-state index in [2.05, 4.69) is 20.9 Å². The van der Waals surface area contributed by atoms with Crippen molar-refractivity contribution in [2.24, 2.45) is 11.7 Å². The number of carbonyl (C=O) groups excluding carboxylic acids is 3. The Balaban J connectivity index is 1.28. The van der Waals surface area contributed by atoms with Crippen molar-refractivity contribution in [3.05, 3.63) is 113 Å². The van der Waals surface area contributed by atoms with Crippen molar-refractivity contribution in [1.82, 2.24) is 20.6 Å². The van der Waals surface area contributed by atoms with Gasteiger partial charge in [0.1, 0.15) is 17.2 Å². The number of amides is 2. The van der Waals surface area contributed by atoms with Gasteiger partial charge in [0, 0.05) is 33.9 Å². The van der Waals surface area contributed by atoms with Crippen LogP contribution in [0.1, 0.15) is 69.1 Å². The van der Waals surface area contributed by atoms with Gasteiger partial charge in [0.15, 0.2) is 23.5 Å². The van der Waals surface area contributed by atoms with E-state index in [1.165, 1.54) is 0 Å². The number of hydrogen-bond acceptors (Lipinski definition) is 8. The first kappa shape index (κ1) is 28.1. The number of fused-ring (bicyclic) bond motifs is 5. The van der Waals surface area contributed by atoms with Crippen LogP contribution in [-0.2, 0) is 16.6 Å². The molecule has 4 bridgehead atoms. The number of anilines is 1. The molecule has 232 valence electrons. The molecule has 6 N–H and O–H groups in total. The highest BCUT2D eigenvalue weighted by Crippen LogP contribution is 2.58. The number of hydrogen-bond donors (Lipinski definition) is 5. The standard InChI is InChI=1S/C35H32N6O5/c1-17(2)28-33-41-29(32(44)38-16-26(42)20-15-37-24-9-5-3-7-19(20)24)30(46-33)35-21-8-4-6-10-25(21)39-34(35)45-27-12-11-18(13-22(27)35)14-23(36)31(43)40-28/h3-13,15,17,23,28,34,37,39H,14,16,36H2,1-2H3,(H,38,44)(H,40,43)/t23-,28-,34?,35-/m0/s1. The topological polar surface area (TPSA) is 164 Å². The van der Waals surface area contributed by atoms with Crippen LogP contribution in [-0.4, -0.2) is 46.4 Å². The fourth-order valence-electron chi connectivity index (χ4n) is 7.01. The molecule has 0 saturated heterocycles. The maximum Gasteiger partial charge on any atom is 0.273 e. The average molecular weight is 617 g/mol. The minimum absolute atomic E-state index is 0.00975. The second-order valence-electron chi connectivity index (χ2n) is 12.5. The summed E-state index contributed by atoms with van der Waals surface area (Å²) in [5.41, 5.74) is 9.92. The van der Waals surface area contributed by atoms with Crippen molar-refractivity contribution in [1.29, 1.82) is 0 Å². The lowest BCUT2D eigenvalue weighted by Crippen LogP contribution is -2.45. The number of ether oxygens (including phenoxy) is 1. The van der Waals surface area contributed by atoms with E-state index in [9.17, 15) is 14.4 Å². The molecule has 1 spiro atoms. The van der Waals surface area contributed by atoms with Crippen LogP contribution < -0.4 is 26.4 Å². The number of para-hydroxylation sites is 2. The van der Waals surface area contributed by atoms with E-state index in [1.54, 1.807) is 6.20 Å². The van der Waals surface area contributed by atoms with Crippen LogP contribution in [0.25, 0.3) is 10.9 Å². The summed E-state index contributed by atoms with van der Waals surface area (Å²) in [6, 6.07) is 19.5. The number of nitrogens with zero attached hydrogens (tertiary/aromatic N) is 1. The van der Waals surface area contributed by atoms with Gasteiger partial charge in [-0.15, -0.1) is 0 Å². The molecule has 5 aromatic rings. The van der Waals surface area contributed by atoms with Gasteiger partial charge in [-0.05, 0) is 41.7 Å². The molecule has 11 nitrogen and oxygen atoms in total. The molecule has 3 aliphatic heterocycles. The minimum atomic E-state index is -1.10. The quantitative estimate of drug-likeness (QED) is 0.185. The summed E-state index contributed by atoms with van der Waals surface area (Å²) in [6.07, 6.45) is 1.30. The second kappa shape index (κ2) is 10.3. The Morgan fingerprint density at radius 2 is 1.87 bits per heavy atom. The van der Waals surface area contributed by atoms with Gasteiger partial charge in [-0.2, -0.15) is 0 Å². The molecule has 3 aliphatic rings. The first-order valence-corrected chi connectivity index (χ1v) is 15.4. The summed E-state index contributed by atoms with van der Waals surface area (Å²) in [6.45, 7) is 3.60. The van der Waals surface area contributed by atoms with Crippen molar-refractivity contribution in [3.63, 3.8) is 0 Å². The number of carbonyl (C=O) groups is 3. The largest absolute Gasteiger partial charge is 0.469 e. The molecule has 4 atom stereocenters. The zero-order chi connectivity index (χ0) is 31.7. The van der Waals surface area contributed by atoms with E-state index >= 15 is 0 Å². The molecule has 0 radical (unpaired) electrons. The van der Waals surface area contributed by atoms with Crippen LogP contribution in [0.5, 0.6) is 5.75 Å². The number of aromatic amines is 1. The fourth-order valence-corrected chi connectivity index (χ4v) is 7.01. The Bertz CT molecular complexity index is 2060. The summed E-state index contributed by atoms with van der Waals surface area (Å²) in [4.78, 5) is 48.7. The summed E-state index contributed by atoms with van der Waals surface area (Å²) in [7, 11) is 0. The monoisotopic (exact) mass is 616 g/mol. The van der Waals surface area contributed by atoms with E-state index < -0.39 is 29.6 Å². The summed E-state index contributed by atoms with van der Waals surface area (Å²) >= 11 is 0. The minimum Gasteiger partial charge on any atom is -0.469 e. The lowest BCUT2D eigenvalue weighted by atomic mass is 9.72. The molecule has 2 amide bonds. The van der Waals surface area contributed by atoms with Crippen molar-refractivity contribution in [2.75, 3.05) is 11.9 Å². The number of aromatic nitrogens is 2. The van der Waals surface area contributed by atoms with Gasteiger partial charge in [-0.1, -0.05) is 62.4 Å². The fraction of sp³-hybridized carbons (Fsp3) is 0.257. The van der Waals surface area contributed by atoms with E-state index in [4.69, 9.17) is 19.9 Å². The molecule has 2 aromatic heterocycles. The Morgan fingerprint density at radius 3 is 2.72 bits per heavy atom. The number of ketones is 1. The van der Waals surface area contributed by atoms with Gasteiger partial charge >= 0.3 is 0 Å². The van der Waals surface area contributed by atoms with Crippen molar-refractivity contribution in [3.8, 4) is 5.75 Å². The second-order valence-corrected chi connectivity index (χ2v) is 12.5. The molecule has 3 aromatic carbocycles. The van der Waals surface area contributed by atoms with Crippen LogP contribution in [0.4, 0.5) is 5.69 Å². The predicted octanol–water partition coefficient (Wildman–Crippen LogP) is 3.94. The highest BCUT2D eigenvalue weighted by molar-refractivity contribution is 6.10. The molecule has 0 fully saturated rings. The maximum absolute atomic E-state index is 14.2. The number of H-pyrrole nitrogens is 1. The van der Waals surface area contributed by atoms with Crippen molar-refractivity contribution in [2.45, 2.75) is 44.0 Å². The van der Waals surface area contributed by atoms with E-state index in [0.29, 0.717) is 17.7 Å². The van der Waals surface area contributed by atoms with Crippen LogP contribution in [0, 0.1) is 5.92 Å². The highest BCUT2D eigenvalue weighted by atomic mass is 16.5. The molecule has 46 heavy (non-hydrogen) atoms. The van der Waals surface area contributed by atoms with Crippen molar-refractivity contribution >= 4 is 34.2 Å². The highest BCUT2D eigenvalue weighted by Gasteiger charge is 2.61. The lowest BCUT2D eigenvalue weighted by Gasteiger charge is -2.28. The average Bonchev–Trinajstić information content (AvgIpc) is 3.81. The van der Waals surface area contributed by atoms with E-state index in [1.807, 2.05) is 80.6 Å². The van der Waals surface area contributed by atoms with Crippen LogP contribution >= 0.6 is 0 Å². The Labute approximate surface area is 263 Å². The Kier molecular flexibility index (Phi) is 6.30. The van der Waals surface area contributed by atoms with Crippen LogP contribution in [0.15, 0.2) is 77.3 Å². The Morgan fingerprint density at radius 1 is 1.07 bits per heavy atom. The lowest BCUT2D eigenvalue weighted by molar-refractivity contribution is -0.123. The molecule has 0 saturated carbocycles. The van der Waals surface area contributed by atoms with E-state index in [0.717, 1.165) is 33.3 Å². The smallest absolute Gasteiger partial charge is 0.273 e. The molecular formula is C35H32N6O5. The van der Waals surface area contributed by atoms with Gasteiger partial charge in [0.05, 0.1) is 12.6 Å². The third-order valence-electron chi connectivity index (χ3n) is 9.28. The van der Waals surface area contributed by atoms with Gasteiger partial charge in [0.2, 0.25) is 11.8 Å². The third kappa shape index (κ3) is 4.08. The summed E-state index contributed by atoms with van der Waals surface area (Å²) < 4.78 is 13.2. The zero-order valence-corrected chi connectivity index (χ0v) is 25.2. The zero-order valence-electron chi connectivity index (χ0n) is 25.2. The molecule has 1 unspecified atom stereocenters. The number of nitrogens with two attached hydrogens (primary N) is 1. The summed E-state index contributed by atoms with van der Waals surface area (Å²) in [5, 5.41) is 10.1. The van der Waals surface area contributed by atoms with Crippen LogP contribution in [0.3, 0.4) is 0 Å². The van der Waals surface area contributed by atoms with Crippen LogP contribution in [0.2, 0.25) is 0 Å². The van der Waals surface area contributed by atoms with Crippen molar-refractivity contribution < 1.29 is 23.5 Å². The first-order chi connectivity index (χ1) is 22.3. The molecule has 8 rings (SSSR count). The maximum atomic E-state index is 14.2. The number of nitrogens with one attached hydrogen (secondary N) is 4. The van der Waals surface area contributed by atoms with E-state index in [-0.39, 0.29) is 41.5 Å². The predicted molar refractivity (Wildman–Crippen MR) is 170 cm³/mol. The normalized spacial score (nSPS) is 22.6. The number of benzene rings is 3. The molecule has 0 aliphatic carbocycles. The third-order valence-corrected chi connectivity index (χ3v) is 9.28. The van der Waals surface area contributed by atoms with Gasteiger partial charge in [-0.3, -0.25) is 14.4 Å². The van der Waals surface area contributed by atoms with Gasteiger partial charge in [0.25, 0.3) is 5.91 Å². The molecule has 5 heterocycles. The first-order valence-electron chi connectivity index (χ1n) is 15.4. The number of oxazole rings is 1. The SMILES string of the molecule is CC(C)[C@@H]1NC(=O)[C@@H](N)Cc2ccc3c(c2)[C@@]2(c4ccccc4NC2O3)c2oc1nc2C(=O)NCC(=O)c1c[nH]c2ccccc12. The number of rotatable bonds is 5. The molecule has 11 heteroatoms.